The van der Waals surface area contributed by atoms with Crippen molar-refractivity contribution in [3.8, 4) is 0 Å². The number of hydrogen-bond acceptors (Lipinski definition) is 5. The summed E-state index contributed by atoms with van der Waals surface area (Å²) in [6.07, 6.45) is 6.24. The van der Waals surface area contributed by atoms with E-state index in [2.05, 4.69) is 15.5 Å². The van der Waals surface area contributed by atoms with Gasteiger partial charge in [0, 0.05) is 37.1 Å². The van der Waals surface area contributed by atoms with E-state index in [1.165, 1.54) is 10.6 Å². The van der Waals surface area contributed by atoms with Crippen LogP contribution in [-0.2, 0) is 22.1 Å². The molecule has 1 aromatic carbocycles. The maximum absolute atomic E-state index is 12.4. The molecule has 2 amide bonds. The quantitative estimate of drug-likeness (QED) is 0.722. The first-order chi connectivity index (χ1) is 14.7. The first-order valence-corrected chi connectivity index (χ1v) is 13.0. The summed E-state index contributed by atoms with van der Waals surface area (Å²) in [5.74, 6) is 0.815. The van der Waals surface area contributed by atoms with Gasteiger partial charge in [-0.3, -0.25) is 4.90 Å². The molecule has 31 heavy (non-hydrogen) atoms. The molecule has 10 heteroatoms. The van der Waals surface area contributed by atoms with Crippen LogP contribution in [0.3, 0.4) is 0 Å². The monoisotopic (exact) mass is 466 g/mol. The van der Waals surface area contributed by atoms with Crippen molar-refractivity contribution in [2.75, 3.05) is 37.8 Å². The van der Waals surface area contributed by atoms with Crippen molar-refractivity contribution in [1.82, 2.24) is 14.5 Å². The highest BCUT2D eigenvalue weighted by atomic mass is 35.5. The van der Waals surface area contributed by atoms with E-state index in [0.29, 0.717) is 43.4 Å². The van der Waals surface area contributed by atoms with E-state index in [-0.39, 0.29) is 6.03 Å². The number of halogens is 1. The van der Waals surface area contributed by atoms with Crippen LogP contribution < -0.4 is 10.6 Å². The smallest absolute Gasteiger partial charge is 0.319 e. The molecule has 1 aliphatic carbocycles. The number of urea groups is 1. The Morgan fingerprint density at radius 2 is 1.84 bits per heavy atom. The Morgan fingerprint density at radius 1 is 1.13 bits per heavy atom. The normalized spacial score (nSPS) is 22.3. The van der Waals surface area contributed by atoms with E-state index in [4.69, 9.17) is 16.0 Å². The summed E-state index contributed by atoms with van der Waals surface area (Å²) in [5.41, 5.74) is 1.94. The molecule has 1 aromatic heterocycles. The van der Waals surface area contributed by atoms with E-state index in [9.17, 15) is 13.2 Å². The second-order valence-electron chi connectivity index (χ2n) is 8.90. The highest BCUT2D eigenvalue weighted by Gasteiger charge is 2.43. The van der Waals surface area contributed by atoms with E-state index in [1.807, 2.05) is 12.1 Å². The Hall–Kier alpha value is -1.81. The van der Waals surface area contributed by atoms with Crippen LogP contribution in [0.1, 0.15) is 43.4 Å². The molecule has 5 rings (SSSR count). The minimum Gasteiger partial charge on any atom is -0.459 e. The minimum absolute atomic E-state index is 0.217. The number of furan rings is 1. The molecule has 1 spiro atoms. The number of piperazine rings is 1. The fraction of sp³-hybridized carbons (Fsp3) is 0.571. The molecule has 1 saturated heterocycles. The summed E-state index contributed by atoms with van der Waals surface area (Å²) in [4.78, 5) is 14.6. The molecule has 2 fully saturated rings. The first kappa shape index (κ1) is 21.1. The molecular weight excluding hydrogens is 440 g/mol. The summed E-state index contributed by atoms with van der Waals surface area (Å²) in [7, 11) is -3.15. The van der Waals surface area contributed by atoms with Gasteiger partial charge < -0.3 is 15.1 Å². The van der Waals surface area contributed by atoms with Gasteiger partial charge in [0.2, 0.25) is 10.0 Å². The lowest BCUT2D eigenvalue weighted by atomic mass is 9.74. The van der Waals surface area contributed by atoms with Gasteiger partial charge in [-0.2, -0.15) is 4.31 Å². The van der Waals surface area contributed by atoms with Crippen LogP contribution in [-0.4, -0.2) is 56.1 Å². The molecule has 3 heterocycles. The van der Waals surface area contributed by atoms with Crippen molar-refractivity contribution in [1.29, 1.82) is 0 Å². The van der Waals surface area contributed by atoms with Crippen molar-refractivity contribution in [3.05, 3.63) is 28.5 Å². The SMILES string of the molecule is CS(=O)(=O)N1CCN(Cc2cc3cc(Cl)c4c(c3o2)C2(CCCCC2)NC(=O)N4)CC1. The molecule has 1 saturated carbocycles. The minimum atomic E-state index is -3.15. The maximum atomic E-state index is 12.4. The zero-order chi connectivity index (χ0) is 21.8. The van der Waals surface area contributed by atoms with Crippen LogP contribution in [0, 0.1) is 0 Å². The van der Waals surface area contributed by atoms with E-state index in [0.717, 1.165) is 54.4 Å². The molecule has 0 atom stereocenters. The number of sulfonamides is 1. The number of benzene rings is 1. The zero-order valence-electron chi connectivity index (χ0n) is 17.5. The van der Waals surface area contributed by atoms with E-state index in [1.54, 1.807) is 0 Å². The topological polar surface area (TPSA) is 94.9 Å². The van der Waals surface area contributed by atoms with Crippen LogP contribution in [0.15, 0.2) is 16.5 Å². The van der Waals surface area contributed by atoms with Crippen LogP contribution in [0.2, 0.25) is 5.02 Å². The van der Waals surface area contributed by atoms with Gasteiger partial charge in [0.15, 0.2) is 0 Å². The second-order valence-corrected chi connectivity index (χ2v) is 11.3. The molecule has 0 radical (unpaired) electrons. The number of carbonyl (C=O) groups excluding carboxylic acids is 1. The van der Waals surface area contributed by atoms with Crippen molar-refractivity contribution >= 4 is 44.3 Å². The average molecular weight is 467 g/mol. The number of hydrogen-bond donors (Lipinski definition) is 2. The zero-order valence-corrected chi connectivity index (χ0v) is 19.1. The van der Waals surface area contributed by atoms with Crippen LogP contribution >= 0.6 is 11.6 Å². The molecule has 2 N–H and O–H groups in total. The molecule has 8 nitrogen and oxygen atoms in total. The number of anilines is 1. The Morgan fingerprint density at radius 3 is 2.52 bits per heavy atom. The fourth-order valence-corrected chi connectivity index (χ4v) is 6.34. The van der Waals surface area contributed by atoms with Crippen molar-refractivity contribution in [2.45, 2.75) is 44.2 Å². The van der Waals surface area contributed by atoms with Crippen LogP contribution in [0.5, 0.6) is 0 Å². The highest BCUT2D eigenvalue weighted by molar-refractivity contribution is 7.88. The first-order valence-electron chi connectivity index (χ1n) is 10.8. The van der Waals surface area contributed by atoms with Gasteiger partial charge in [-0.25, -0.2) is 13.2 Å². The summed E-state index contributed by atoms with van der Waals surface area (Å²) in [6, 6.07) is 3.65. The van der Waals surface area contributed by atoms with Gasteiger partial charge in [-0.1, -0.05) is 30.9 Å². The number of nitrogens with zero attached hydrogens (tertiary/aromatic N) is 2. The largest absolute Gasteiger partial charge is 0.459 e. The van der Waals surface area contributed by atoms with Crippen LogP contribution in [0.25, 0.3) is 11.0 Å². The van der Waals surface area contributed by atoms with Crippen molar-refractivity contribution < 1.29 is 17.6 Å². The number of rotatable bonds is 3. The van der Waals surface area contributed by atoms with E-state index >= 15 is 0 Å². The number of carbonyl (C=O) groups is 1. The number of amides is 2. The third-order valence-corrected chi connectivity index (χ3v) is 8.37. The molecule has 0 unspecified atom stereocenters. The maximum Gasteiger partial charge on any atom is 0.319 e. The van der Waals surface area contributed by atoms with E-state index < -0.39 is 15.6 Å². The average Bonchev–Trinajstić information content (AvgIpc) is 3.10. The Kier molecular flexibility index (Phi) is 5.20. The summed E-state index contributed by atoms with van der Waals surface area (Å²) >= 11 is 6.59. The molecule has 3 aliphatic rings. The lowest BCUT2D eigenvalue weighted by molar-refractivity contribution is 0.172. The van der Waals surface area contributed by atoms with Gasteiger partial charge in [0.25, 0.3) is 0 Å². The number of nitrogens with one attached hydrogen (secondary N) is 2. The predicted molar refractivity (Wildman–Crippen MR) is 120 cm³/mol. The van der Waals surface area contributed by atoms with Gasteiger partial charge in [-0.15, -0.1) is 0 Å². The summed E-state index contributed by atoms with van der Waals surface area (Å²) < 4.78 is 31.4. The Bertz CT molecular complexity index is 1130. The van der Waals surface area contributed by atoms with Crippen LogP contribution in [0.4, 0.5) is 10.5 Å². The summed E-state index contributed by atoms with van der Waals surface area (Å²) in [5, 5.41) is 7.51. The second kappa shape index (κ2) is 7.65. The van der Waals surface area contributed by atoms with Gasteiger partial charge in [0.1, 0.15) is 11.3 Å². The Labute approximate surface area is 186 Å². The molecule has 2 aliphatic heterocycles. The lowest BCUT2D eigenvalue weighted by Gasteiger charge is -2.42. The standard InChI is InChI=1S/C21H27ClN4O4S/c1-31(28,29)26-9-7-25(8-10-26)13-15-11-14-12-16(22)18-17(19(14)30-15)21(24-20(27)23-18)5-3-2-4-6-21/h11-12H,2-10,13H2,1H3,(H2,23,24,27). The van der Waals surface area contributed by atoms with Crippen molar-refractivity contribution in [3.63, 3.8) is 0 Å². The molecule has 168 valence electrons. The third-order valence-electron chi connectivity index (χ3n) is 6.77. The third kappa shape index (κ3) is 3.82. The molecular formula is C21H27ClN4O4S. The predicted octanol–water partition coefficient (Wildman–Crippen LogP) is 3.46. The van der Waals surface area contributed by atoms with Crippen molar-refractivity contribution in [2.24, 2.45) is 0 Å². The Balaban J connectivity index is 1.47. The van der Waals surface area contributed by atoms with Gasteiger partial charge in [-0.05, 0) is 25.0 Å². The lowest BCUT2D eigenvalue weighted by Crippen LogP contribution is -2.52. The van der Waals surface area contributed by atoms with Gasteiger partial charge in [0.05, 0.1) is 29.0 Å². The highest BCUT2D eigenvalue weighted by Crippen LogP contribution is 2.49. The van der Waals surface area contributed by atoms with Gasteiger partial charge >= 0.3 is 6.03 Å². The summed E-state index contributed by atoms with van der Waals surface area (Å²) in [6.45, 7) is 2.89. The fourth-order valence-electron chi connectivity index (χ4n) is 5.25. The molecule has 0 bridgehead atoms. The number of fused-ring (bicyclic) bond motifs is 4. The molecule has 2 aromatic rings.